The smallest absolute Gasteiger partial charge is 0.339 e. The molecule has 7 nitrogen and oxygen atoms in total. The largest absolute Gasteiger partial charge is 0.497 e. The van der Waals surface area contributed by atoms with E-state index in [9.17, 15) is 4.79 Å². The number of rotatable bonds is 8. The Morgan fingerprint density at radius 2 is 2.10 bits per heavy atom. The van der Waals surface area contributed by atoms with Crippen LogP contribution in [0.25, 0.3) is 11.4 Å². The van der Waals surface area contributed by atoms with Gasteiger partial charge in [0, 0.05) is 21.6 Å². The normalized spacial score (nSPS) is 10.7. The van der Waals surface area contributed by atoms with Crippen molar-refractivity contribution in [1.82, 2.24) is 15.1 Å². The standard InChI is InChI=1S/C21H17N3O4S2/c1-26-16-6-4-5-14(9-16)20-23-19(28-24-20)10-27-21(25)17-7-2-3-8-18(17)30-12-15-11-29-13-22-15/h2-9,11,13H,10,12H2,1H3. The van der Waals surface area contributed by atoms with E-state index in [4.69, 9.17) is 14.0 Å². The number of ether oxygens (including phenoxy) is 2. The summed E-state index contributed by atoms with van der Waals surface area (Å²) in [6.45, 7) is -0.110. The lowest BCUT2D eigenvalue weighted by Gasteiger charge is -2.07. The number of thioether (sulfide) groups is 1. The molecule has 4 aromatic rings. The van der Waals surface area contributed by atoms with Crippen LogP contribution in [0.15, 0.2) is 68.8 Å². The zero-order chi connectivity index (χ0) is 20.8. The summed E-state index contributed by atoms with van der Waals surface area (Å²) >= 11 is 3.09. The van der Waals surface area contributed by atoms with Crippen molar-refractivity contribution in [3.63, 3.8) is 0 Å². The fourth-order valence-electron chi connectivity index (χ4n) is 2.62. The second-order valence-corrected chi connectivity index (χ2v) is 7.82. The highest BCUT2D eigenvalue weighted by molar-refractivity contribution is 7.98. The minimum Gasteiger partial charge on any atom is -0.497 e. The minimum absolute atomic E-state index is 0.110. The first-order chi connectivity index (χ1) is 14.7. The Morgan fingerprint density at radius 1 is 1.20 bits per heavy atom. The molecule has 2 aromatic carbocycles. The van der Waals surface area contributed by atoms with Gasteiger partial charge in [0.1, 0.15) is 5.75 Å². The lowest BCUT2D eigenvalue weighted by molar-refractivity contribution is 0.0425. The van der Waals surface area contributed by atoms with Crippen LogP contribution in [-0.4, -0.2) is 28.2 Å². The van der Waals surface area contributed by atoms with Gasteiger partial charge in [-0.05, 0) is 24.3 Å². The lowest BCUT2D eigenvalue weighted by atomic mass is 10.2. The summed E-state index contributed by atoms with van der Waals surface area (Å²) in [4.78, 5) is 22.0. The third kappa shape index (κ3) is 4.87. The van der Waals surface area contributed by atoms with Crippen molar-refractivity contribution in [3.05, 3.63) is 76.6 Å². The Kier molecular flexibility index (Phi) is 6.41. The molecule has 0 aliphatic carbocycles. The molecule has 0 radical (unpaired) electrons. The summed E-state index contributed by atoms with van der Waals surface area (Å²) in [6.07, 6.45) is 0. The van der Waals surface area contributed by atoms with Crippen LogP contribution in [0.3, 0.4) is 0 Å². The molecule has 0 saturated heterocycles. The van der Waals surface area contributed by atoms with Crippen LogP contribution in [0, 0.1) is 0 Å². The molecular formula is C21H17N3O4S2. The molecule has 0 atom stereocenters. The van der Waals surface area contributed by atoms with Gasteiger partial charge in [-0.15, -0.1) is 23.1 Å². The highest BCUT2D eigenvalue weighted by Crippen LogP contribution is 2.27. The Bertz CT molecular complexity index is 1130. The van der Waals surface area contributed by atoms with Gasteiger partial charge in [0.15, 0.2) is 6.61 Å². The fraction of sp³-hybridized carbons (Fsp3) is 0.143. The van der Waals surface area contributed by atoms with Crippen LogP contribution in [0.2, 0.25) is 0 Å². The Labute approximate surface area is 181 Å². The molecule has 9 heteroatoms. The second kappa shape index (κ2) is 9.55. The maximum atomic E-state index is 12.6. The van der Waals surface area contributed by atoms with Crippen molar-refractivity contribution in [2.45, 2.75) is 17.3 Å². The van der Waals surface area contributed by atoms with E-state index in [0.717, 1.165) is 16.2 Å². The van der Waals surface area contributed by atoms with E-state index in [-0.39, 0.29) is 12.5 Å². The maximum Gasteiger partial charge on any atom is 0.339 e. The van der Waals surface area contributed by atoms with Gasteiger partial charge in [-0.25, -0.2) is 9.78 Å². The third-order valence-electron chi connectivity index (χ3n) is 4.09. The number of carbonyl (C=O) groups is 1. The van der Waals surface area contributed by atoms with E-state index in [0.29, 0.717) is 22.9 Å². The average Bonchev–Trinajstić information content (AvgIpc) is 3.48. The van der Waals surface area contributed by atoms with Crippen molar-refractivity contribution in [2.75, 3.05) is 7.11 Å². The molecule has 0 aliphatic heterocycles. The van der Waals surface area contributed by atoms with E-state index in [1.807, 2.05) is 35.7 Å². The maximum absolute atomic E-state index is 12.6. The molecule has 2 aromatic heterocycles. The summed E-state index contributed by atoms with van der Waals surface area (Å²) in [6, 6.07) is 14.6. The zero-order valence-electron chi connectivity index (χ0n) is 16.0. The monoisotopic (exact) mass is 439 g/mol. The molecule has 0 saturated carbocycles. The Hall–Kier alpha value is -3.17. The molecule has 2 heterocycles. The lowest BCUT2D eigenvalue weighted by Crippen LogP contribution is -2.07. The highest BCUT2D eigenvalue weighted by Gasteiger charge is 2.16. The number of hydrogen-bond acceptors (Lipinski definition) is 9. The van der Waals surface area contributed by atoms with Crippen LogP contribution in [0.1, 0.15) is 21.9 Å². The van der Waals surface area contributed by atoms with Crippen molar-refractivity contribution in [2.24, 2.45) is 0 Å². The summed E-state index contributed by atoms with van der Waals surface area (Å²) in [5.74, 6) is 1.55. The predicted molar refractivity (Wildman–Crippen MR) is 114 cm³/mol. The van der Waals surface area contributed by atoms with Gasteiger partial charge in [-0.2, -0.15) is 4.98 Å². The topological polar surface area (TPSA) is 87.3 Å². The van der Waals surface area contributed by atoms with E-state index in [1.165, 1.54) is 11.8 Å². The summed E-state index contributed by atoms with van der Waals surface area (Å²) in [7, 11) is 1.59. The van der Waals surface area contributed by atoms with Crippen LogP contribution < -0.4 is 4.74 Å². The molecule has 0 N–H and O–H groups in total. The quantitative estimate of drug-likeness (QED) is 0.284. The van der Waals surface area contributed by atoms with Crippen LogP contribution in [0.5, 0.6) is 5.75 Å². The van der Waals surface area contributed by atoms with Crippen molar-refractivity contribution < 1.29 is 18.8 Å². The third-order valence-corrected chi connectivity index (χ3v) is 5.83. The number of hydrogen-bond donors (Lipinski definition) is 0. The second-order valence-electron chi connectivity index (χ2n) is 6.08. The van der Waals surface area contributed by atoms with Crippen molar-refractivity contribution in [1.29, 1.82) is 0 Å². The van der Waals surface area contributed by atoms with Gasteiger partial charge in [0.05, 0.1) is 23.9 Å². The number of thiazole rings is 1. The van der Waals surface area contributed by atoms with Gasteiger partial charge < -0.3 is 14.0 Å². The molecule has 0 aliphatic rings. The first-order valence-corrected chi connectivity index (χ1v) is 10.9. The van der Waals surface area contributed by atoms with Crippen molar-refractivity contribution >= 4 is 29.1 Å². The average molecular weight is 440 g/mol. The first kappa shape index (κ1) is 20.1. The number of aromatic nitrogens is 3. The highest BCUT2D eigenvalue weighted by atomic mass is 32.2. The summed E-state index contributed by atoms with van der Waals surface area (Å²) < 4.78 is 15.8. The number of nitrogens with zero attached hydrogens (tertiary/aromatic N) is 3. The number of carbonyl (C=O) groups excluding carboxylic acids is 1. The van der Waals surface area contributed by atoms with Gasteiger partial charge in [-0.3, -0.25) is 0 Å². The Balaban J connectivity index is 1.40. The SMILES string of the molecule is COc1cccc(-c2noc(COC(=O)c3ccccc3SCc3cscn3)n2)c1. The zero-order valence-corrected chi connectivity index (χ0v) is 17.6. The van der Waals surface area contributed by atoms with E-state index >= 15 is 0 Å². The molecule has 152 valence electrons. The number of esters is 1. The van der Waals surface area contributed by atoms with Crippen LogP contribution >= 0.6 is 23.1 Å². The molecular weight excluding hydrogens is 422 g/mol. The molecule has 0 fully saturated rings. The van der Waals surface area contributed by atoms with Gasteiger partial charge in [0.2, 0.25) is 5.82 Å². The molecule has 0 amide bonds. The molecule has 0 spiro atoms. The van der Waals surface area contributed by atoms with Crippen LogP contribution in [0.4, 0.5) is 0 Å². The Morgan fingerprint density at radius 3 is 2.93 bits per heavy atom. The van der Waals surface area contributed by atoms with Crippen molar-refractivity contribution in [3.8, 4) is 17.1 Å². The minimum atomic E-state index is -0.447. The molecule has 4 rings (SSSR count). The van der Waals surface area contributed by atoms with E-state index in [2.05, 4.69) is 15.1 Å². The van der Waals surface area contributed by atoms with Crippen LogP contribution in [-0.2, 0) is 17.1 Å². The predicted octanol–water partition coefficient (Wildman–Crippen LogP) is 4.85. The summed E-state index contributed by atoms with van der Waals surface area (Å²) in [5, 5.41) is 5.93. The number of methoxy groups -OCH3 is 1. The van der Waals surface area contributed by atoms with Gasteiger partial charge in [0.25, 0.3) is 5.89 Å². The molecule has 30 heavy (non-hydrogen) atoms. The number of benzene rings is 2. The van der Waals surface area contributed by atoms with Gasteiger partial charge >= 0.3 is 5.97 Å². The van der Waals surface area contributed by atoms with E-state index < -0.39 is 5.97 Å². The fourth-order valence-corrected chi connectivity index (χ4v) is 4.23. The first-order valence-electron chi connectivity index (χ1n) is 8.96. The molecule has 0 unspecified atom stereocenters. The van der Waals surface area contributed by atoms with E-state index in [1.54, 1.807) is 42.2 Å². The van der Waals surface area contributed by atoms with Gasteiger partial charge in [-0.1, -0.05) is 29.4 Å². The molecule has 0 bridgehead atoms. The summed E-state index contributed by atoms with van der Waals surface area (Å²) in [5.41, 5.74) is 4.01.